The zero-order chi connectivity index (χ0) is 15.4. The van der Waals surface area contributed by atoms with Gasteiger partial charge < -0.3 is 9.80 Å². The molecule has 1 aromatic heterocycles. The number of carbonyl (C=O) groups excluding carboxylic acids is 2. The number of aromatic nitrogens is 1. The molecule has 0 aromatic carbocycles. The van der Waals surface area contributed by atoms with E-state index in [4.69, 9.17) is 0 Å². The molecule has 5 heteroatoms. The van der Waals surface area contributed by atoms with Crippen LogP contribution in [-0.2, 0) is 16.1 Å². The number of likely N-dealkylation sites (tertiary alicyclic amines) is 1. The standard InChI is InChI=1S/C16H23N3O2/c1-12(2)19(11-14-6-4-5-8-17-14)16(21)13-7-9-18(3)15(20)10-13/h4-6,8,12-13H,7,9-11H2,1-3H3/t13-/m1/s1. The van der Waals surface area contributed by atoms with Crippen molar-refractivity contribution >= 4 is 11.8 Å². The second kappa shape index (κ2) is 6.70. The van der Waals surface area contributed by atoms with E-state index >= 15 is 0 Å². The molecular weight excluding hydrogens is 266 g/mol. The van der Waals surface area contributed by atoms with Gasteiger partial charge in [0.25, 0.3) is 0 Å². The Balaban J connectivity index is 2.07. The number of hydrogen-bond donors (Lipinski definition) is 0. The van der Waals surface area contributed by atoms with Crippen molar-refractivity contribution in [3.63, 3.8) is 0 Å². The molecule has 0 radical (unpaired) electrons. The van der Waals surface area contributed by atoms with Crippen molar-refractivity contribution < 1.29 is 9.59 Å². The minimum absolute atomic E-state index is 0.0566. The van der Waals surface area contributed by atoms with E-state index < -0.39 is 0 Å². The summed E-state index contributed by atoms with van der Waals surface area (Å²) in [4.78, 5) is 32.3. The lowest BCUT2D eigenvalue weighted by Gasteiger charge is -2.34. The summed E-state index contributed by atoms with van der Waals surface area (Å²) in [5.74, 6) is -0.0712. The van der Waals surface area contributed by atoms with Gasteiger partial charge in [0.1, 0.15) is 0 Å². The van der Waals surface area contributed by atoms with Crippen molar-refractivity contribution in [2.45, 2.75) is 39.3 Å². The second-order valence-corrected chi connectivity index (χ2v) is 5.89. The largest absolute Gasteiger partial charge is 0.346 e. The van der Waals surface area contributed by atoms with Gasteiger partial charge in [0.15, 0.2) is 0 Å². The average Bonchev–Trinajstić information content (AvgIpc) is 2.47. The van der Waals surface area contributed by atoms with Gasteiger partial charge in [-0.25, -0.2) is 0 Å². The molecule has 0 saturated carbocycles. The Bertz CT molecular complexity index is 502. The van der Waals surface area contributed by atoms with Gasteiger partial charge in [0.2, 0.25) is 11.8 Å². The van der Waals surface area contributed by atoms with Gasteiger partial charge in [-0.3, -0.25) is 14.6 Å². The minimum atomic E-state index is -0.195. The van der Waals surface area contributed by atoms with Crippen molar-refractivity contribution in [1.82, 2.24) is 14.8 Å². The van der Waals surface area contributed by atoms with Crippen molar-refractivity contribution in [3.05, 3.63) is 30.1 Å². The van der Waals surface area contributed by atoms with E-state index in [9.17, 15) is 9.59 Å². The highest BCUT2D eigenvalue weighted by atomic mass is 16.2. The highest BCUT2D eigenvalue weighted by Gasteiger charge is 2.32. The van der Waals surface area contributed by atoms with Gasteiger partial charge in [0.05, 0.1) is 12.2 Å². The molecule has 0 N–H and O–H groups in total. The number of piperidine rings is 1. The predicted octanol–water partition coefficient (Wildman–Crippen LogP) is 1.69. The second-order valence-electron chi connectivity index (χ2n) is 5.89. The molecule has 5 nitrogen and oxygen atoms in total. The van der Waals surface area contributed by atoms with Crippen LogP contribution in [0.1, 0.15) is 32.4 Å². The summed E-state index contributed by atoms with van der Waals surface area (Å²) >= 11 is 0. The fourth-order valence-electron chi connectivity index (χ4n) is 2.57. The van der Waals surface area contributed by atoms with Crippen LogP contribution in [0.5, 0.6) is 0 Å². The Hall–Kier alpha value is -1.91. The molecule has 1 aromatic rings. The van der Waals surface area contributed by atoms with Crippen molar-refractivity contribution in [2.24, 2.45) is 5.92 Å². The lowest BCUT2D eigenvalue weighted by atomic mass is 9.94. The van der Waals surface area contributed by atoms with Crippen LogP contribution >= 0.6 is 0 Å². The van der Waals surface area contributed by atoms with Gasteiger partial charge in [-0.15, -0.1) is 0 Å². The number of nitrogens with zero attached hydrogens (tertiary/aromatic N) is 3. The van der Waals surface area contributed by atoms with E-state index in [1.807, 2.05) is 36.9 Å². The summed E-state index contributed by atoms with van der Waals surface area (Å²) in [6.45, 7) is 5.15. The topological polar surface area (TPSA) is 53.5 Å². The number of amides is 2. The Morgan fingerprint density at radius 2 is 2.24 bits per heavy atom. The van der Waals surface area contributed by atoms with E-state index in [1.165, 1.54) is 0 Å². The molecule has 1 aliphatic heterocycles. The van der Waals surface area contributed by atoms with Crippen LogP contribution in [0.4, 0.5) is 0 Å². The molecule has 1 saturated heterocycles. The molecule has 2 rings (SSSR count). The van der Waals surface area contributed by atoms with E-state index in [0.29, 0.717) is 19.5 Å². The van der Waals surface area contributed by atoms with Crippen LogP contribution in [0, 0.1) is 5.92 Å². The first-order valence-electron chi connectivity index (χ1n) is 7.43. The number of hydrogen-bond acceptors (Lipinski definition) is 3. The Labute approximate surface area is 126 Å². The van der Waals surface area contributed by atoms with Crippen molar-refractivity contribution in [2.75, 3.05) is 13.6 Å². The van der Waals surface area contributed by atoms with Crippen LogP contribution in [-0.4, -0.2) is 46.2 Å². The summed E-state index contributed by atoms with van der Waals surface area (Å²) in [5.41, 5.74) is 0.874. The van der Waals surface area contributed by atoms with E-state index in [2.05, 4.69) is 4.98 Å². The third kappa shape index (κ3) is 3.80. The molecule has 1 atom stereocenters. The molecule has 21 heavy (non-hydrogen) atoms. The maximum absolute atomic E-state index is 12.7. The third-order valence-electron chi connectivity index (χ3n) is 3.97. The quantitative estimate of drug-likeness (QED) is 0.847. The number of carbonyl (C=O) groups is 2. The monoisotopic (exact) mass is 289 g/mol. The predicted molar refractivity (Wildman–Crippen MR) is 80.3 cm³/mol. The summed E-state index contributed by atoms with van der Waals surface area (Å²) in [7, 11) is 1.79. The Morgan fingerprint density at radius 1 is 1.48 bits per heavy atom. The number of pyridine rings is 1. The SMILES string of the molecule is CC(C)N(Cc1ccccn1)C(=O)[C@@H]1CCN(C)C(=O)C1. The number of rotatable bonds is 4. The lowest BCUT2D eigenvalue weighted by molar-refractivity contribution is -0.146. The summed E-state index contributed by atoms with van der Waals surface area (Å²) in [6, 6.07) is 5.79. The first-order valence-corrected chi connectivity index (χ1v) is 7.43. The Kier molecular flexibility index (Phi) is 4.94. The lowest BCUT2D eigenvalue weighted by Crippen LogP contribution is -2.45. The molecule has 0 bridgehead atoms. The van der Waals surface area contributed by atoms with Crippen molar-refractivity contribution in [1.29, 1.82) is 0 Å². The first kappa shape index (κ1) is 15.5. The molecule has 114 valence electrons. The zero-order valence-corrected chi connectivity index (χ0v) is 13.0. The van der Waals surface area contributed by atoms with Gasteiger partial charge in [-0.1, -0.05) is 6.07 Å². The van der Waals surface area contributed by atoms with Crippen LogP contribution in [0.2, 0.25) is 0 Å². The van der Waals surface area contributed by atoms with Gasteiger partial charge >= 0.3 is 0 Å². The molecule has 0 unspecified atom stereocenters. The maximum Gasteiger partial charge on any atom is 0.226 e. The average molecular weight is 289 g/mol. The van der Waals surface area contributed by atoms with E-state index in [1.54, 1.807) is 18.1 Å². The molecule has 2 amide bonds. The fourth-order valence-corrected chi connectivity index (χ4v) is 2.57. The summed E-state index contributed by atoms with van der Waals surface area (Å²) in [6.07, 6.45) is 2.80. The van der Waals surface area contributed by atoms with Gasteiger partial charge in [-0.05, 0) is 32.4 Å². The van der Waals surface area contributed by atoms with E-state index in [0.717, 1.165) is 12.1 Å². The fraction of sp³-hybridized carbons (Fsp3) is 0.562. The first-order chi connectivity index (χ1) is 9.99. The molecule has 1 fully saturated rings. The summed E-state index contributed by atoms with van der Waals surface area (Å²) < 4.78 is 0. The highest BCUT2D eigenvalue weighted by Crippen LogP contribution is 2.22. The molecule has 2 heterocycles. The normalized spacial score (nSPS) is 19.0. The van der Waals surface area contributed by atoms with Crippen molar-refractivity contribution in [3.8, 4) is 0 Å². The van der Waals surface area contributed by atoms with Crippen LogP contribution in [0.15, 0.2) is 24.4 Å². The van der Waals surface area contributed by atoms with Crippen LogP contribution in [0.3, 0.4) is 0 Å². The molecule has 0 spiro atoms. The van der Waals surface area contributed by atoms with Crippen LogP contribution < -0.4 is 0 Å². The molecule has 1 aliphatic rings. The zero-order valence-electron chi connectivity index (χ0n) is 13.0. The van der Waals surface area contributed by atoms with Gasteiger partial charge in [0, 0.05) is 38.2 Å². The highest BCUT2D eigenvalue weighted by molar-refractivity contribution is 5.87. The molecular formula is C16H23N3O2. The minimum Gasteiger partial charge on any atom is -0.346 e. The smallest absolute Gasteiger partial charge is 0.226 e. The maximum atomic E-state index is 12.7. The van der Waals surface area contributed by atoms with Gasteiger partial charge in [-0.2, -0.15) is 0 Å². The molecule has 0 aliphatic carbocycles. The summed E-state index contributed by atoms with van der Waals surface area (Å²) in [5, 5.41) is 0. The third-order valence-corrected chi connectivity index (χ3v) is 3.97. The van der Waals surface area contributed by atoms with E-state index in [-0.39, 0.29) is 23.8 Å². The van der Waals surface area contributed by atoms with Crippen LogP contribution in [0.25, 0.3) is 0 Å². The Morgan fingerprint density at radius 3 is 2.81 bits per heavy atom.